The fourth-order valence-electron chi connectivity index (χ4n) is 2.91. The summed E-state index contributed by atoms with van der Waals surface area (Å²) in [6.45, 7) is 7.71. The third-order valence-corrected chi connectivity index (χ3v) is 4.40. The summed E-state index contributed by atoms with van der Waals surface area (Å²) in [5.74, 6) is 2.01. The van der Waals surface area contributed by atoms with Crippen LogP contribution in [-0.4, -0.2) is 48.6 Å². The first kappa shape index (κ1) is 14.7. The molecule has 2 aromatic rings. The molecular formula is C15H22N6O. The molecule has 1 amide bonds. The molecule has 3 heterocycles. The number of nitrogens with zero attached hydrogens (tertiary/aromatic N) is 5. The molecule has 7 heteroatoms. The lowest BCUT2D eigenvalue weighted by Crippen LogP contribution is -2.41. The number of aromatic nitrogens is 5. The molecule has 1 aliphatic heterocycles. The van der Waals surface area contributed by atoms with Gasteiger partial charge in [-0.05, 0) is 33.6 Å². The van der Waals surface area contributed by atoms with E-state index in [4.69, 9.17) is 0 Å². The molecule has 22 heavy (non-hydrogen) atoms. The van der Waals surface area contributed by atoms with Crippen molar-refractivity contribution in [1.29, 1.82) is 0 Å². The minimum atomic E-state index is 0.137. The van der Waals surface area contributed by atoms with Crippen molar-refractivity contribution in [3.8, 4) is 0 Å². The van der Waals surface area contributed by atoms with Crippen LogP contribution in [0.1, 0.15) is 41.8 Å². The van der Waals surface area contributed by atoms with Gasteiger partial charge in [0.05, 0.1) is 12.0 Å². The van der Waals surface area contributed by atoms with Gasteiger partial charge in [-0.1, -0.05) is 0 Å². The normalized spacial score (nSPS) is 18.7. The van der Waals surface area contributed by atoms with Crippen LogP contribution in [0.3, 0.4) is 0 Å². The quantitative estimate of drug-likeness (QED) is 0.927. The molecule has 1 N–H and O–H groups in total. The zero-order chi connectivity index (χ0) is 15.7. The molecule has 0 aliphatic carbocycles. The maximum atomic E-state index is 12.5. The predicted octanol–water partition coefficient (Wildman–Crippen LogP) is 1.33. The molecule has 0 saturated carbocycles. The number of carbonyl (C=O) groups excluding carboxylic acids is 1. The molecule has 2 aromatic heterocycles. The summed E-state index contributed by atoms with van der Waals surface area (Å²) < 4.78 is 1.91. The molecule has 0 radical (unpaired) electrons. The summed E-state index contributed by atoms with van der Waals surface area (Å²) in [6.07, 6.45) is 3.76. The van der Waals surface area contributed by atoms with Crippen LogP contribution in [0.25, 0.3) is 0 Å². The molecule has 118 valence electrons. The second-order valence-electron chi connectivity index (χ2n) is 6.00. The van der Waals surface area contributed by atoms with Crippen LogP contribution in [0.15, 0.2) is 6.33 Å². The van der Waals surface area contributed by atoms with Crippen molar-refractivity contribution in [1.82, 2.24) is 29.6 Å². The topological polar surface area (TPSA) is 79.7 Å². The van der Waals surface area contributed by atoms with Crippen LogP contribution in [0, 0.1) is 20.8 Å². The minimum Gasteiger partial charge on any atom is -0.340 e. The molecular weight excluding hydrogens is 280 g/mol. The Kier molecular flexibility index (Phi) is 3.96. The molecule has 3 rings (SSSR count). The number of imidazole rings is 1. The van der Waals surface area contributed by atoms with E-state index in [9.17, 15) is 4.79 Å². The largest absolute Gasteiger partial charge is 0.340 e. The number of carbonyl (C=O) groups is 1. The molecule has 0 bridgehead atoms. The molecule has 0 spiro atoms. The van der Waals surface area contributed by atoms with Gasteiger partial charge < -0.3 is 9.47 Å². The van der Waals surface area contributed by atoms with Crippen molar-refractivity contribution in [3.05, 3.63) is 29.4 Å². The highest BCUT2D eigenvalue weighted by molar-refractivity contribution is 5.76. The van der Waals surface area contributed by atoms with Gasteiger partial charge in [-0.15, -0.1) is 0 Å². The van der Waals surface area contributed by atoms with Crippen molar-refractivity contribution in [3.63, 3.8) is 0 Å². The highest BCUT2D eigenvalue weighted by Gasteiger charge is 2.27. The first-order chi connectivity index (χ1) is 10.5. The highest BCUT2D eigenvalue weighted by Crippen LogP contribution is 2.24. The van der Waals surface area contributed by atoms with Gasteiger partial charge in [-0.25, -0.2) is 9.97 Å². The van der Waals surface area contributed by atoms with E-state index in [-0.39, 0.29) is 11.8 Å². The van der Waals surface area contributed by atoms with Gasteiger partial charge >= 0.3 is 0 Å². The standard InChI is InChI=1S/C15H22N6O/c1-10-11(2)21(9-16-10)8-14(22)20-6-4-5-13(7-20)15-17-12(3)18-19-15/h9,13H,4-8H2,1-3H3,(H,17,18,19)/t13-/m1/s1. The third-order valence-electron chi connectivity index (χ3n) is 4.40. The number of likely N-dealkylation sites (tertiary alicyclic amines) is 1. The summed E-state index contributed by atoms with van der Waals surface area (Å²) in [6, 6.07) is 0. The smallest absolute Gasteiger partial charge is 0.242 e. The van der Waals surface area contributed by atoms with E-state index in [0.29, 0.717) is 13.1 Å². The lowest BCUT2D eigenvalue weighted by atomic mass is 9.97. The second kappa shape index (κ2) is 5.90. The number of amides is 1. The maximum absolute atomic E-state index is 12.5. The Morgan fingerprint density at radius 3 is 2.86 bits per heavy atom. The Bertz CT molecular complexity index is 673. The van der Waals surface area contributed by atoms with Crippen LogP contribution < -0.4 is 0 Å². The maximum Gasteiger partial charge on any atom is 0.242 e. The van der Waals surface area contributed by atoms with Gasteiger partial charge in [0.15, 0.2) is 5.82 Å². The Morgan fingerprint density at radius 1 is 1.41 bits per heavy atom. The van der Waals surface area contributed by atoms with Crippen molar-refractivity contribution in [2.24, 2.45) is 0 Å². The summed E-state index contributed by atoms with van der Waals surface area (Å²) >= 11 is 0. The van der Waals surface area contributed by atoms with Crippen molar-refractivity contribution < 1.29 is 4.79 Å². The third kappa shape index (κ3) is 2.88. The molecule has 0 unspecified atom stereocenters. The Balaban J connectivity index is 1.66. The number of piperidine rings is 1. The van der Waals surface area contributed by atoms with Crippen LogP contribution in [-0.2, 0) is 11.3 Å². The van der Waals surface area contributed by atoms with E-state index in [1.165, 1.54) is 0 Å². The van der Waals surface area contributed by atoms with Gasteiger partial charge in [-0.3, -0.25) is 9.89 Å². The number of hydrogen-bond acceptors (Lipinski definition) is 4. The first-order valence-electron chi connectivity index (χ1n) is 7.69. The van der Waals surface area contributed by atoms with Crippen LogP contribution in [0.2, 0.25) is 0 Å². The average molecular weight is 302 g/mol. The monoisotopic (exact) mass is 302 g/mol. The average Bonchev–Trinajstić information content (AvgIpc) is 3.08. The minimum absolute atomic E-state index is 0.137. The number of aromatic amines is 1. The first-order valence-corrected chi connectivity index (χ1v) is 7.69. The van der Waals surface area contributed by atoms with Gasteiger partial charge in [0.2, 0.25) is 5.91 Å². The van der Waals surface area contributed by atoms with Crippen molar-refractivity contribution >= 4 is 5.91 Å². The molecule has 0 aromatic carbocycles. The van der Waals surface area contributed by atoms with E-state index >= 15 is 0 Å². The van der Waals surface area contributed by atoms with Crippen molar-refractivity contribution in [2.45, 2.75) is 46.1 Å². The summed E-state index contributed by atoms with van der Waals surface area (Å²) in [7, 11) is 0. The van der Waals surface area contributed by atoms with Crippen LogP contribution in [0.4, 0.5) is 0 Å². The summed E-state index contributed by atoms with van der Waals surface area (Å²) in [5.41, 5.74) is 2.02. The Morgan fingerprint density at radius 2 is 2.23 bits per heavy atom. The van der Waals surface area contributed by atoms with Gasteiger partial charge in [0.1, 0.15) is 12.4 Å². The Hall–Kier alpha value is -2.18. The zero-order valence-electron chi connectivity index (χ0n) is 13.3. The van der Waals surface area contributed by atoms with Gasteiger partial charge in [-0.2, -0.15) is 5.10 Å². The van der Waals surface area contributed by atoms with Crippen molar-refractivity contribution in [2.75, 3.05) is 13.1 Å². The number of hydrogen-bond donors (Lipinski definition) is 1. The molecule has 1 aliphatic rings. The van der Waals surface area contributed by atoms with E-state index in [1.807, 2.05) is 30.2 Å². The zero-order valence-corrected chi connectivity index (χ0v) is 13.3. The SMILES string of the molecule is Cc1nc([C@@H]2CCCN(C(=O)Cn3cnc(C)c3C)C2)n[nH]1. The molecule has 1 saturated heterocycles. The summed E-state index contributed by atoms with van der Waals surface area (Å²) in [4.78, 5) is 23.1. The summed E-state index contributed by atoms with van der Waals surface area (Å²) in [5, 5.41) is 7.13. The van der Waals surface area contributed by atoms with E-state index in [0.717, 1.165) is 42.4 Å². The number of H-pyrrole nitrogens is 1. The molecule has 7 nitrogen and oxygen atoms in total. The van der Waals surface area contributed by atoms with E-state index in [1.54, 1.807) is 6.33 Å². The predicted molar refractivity (Wildman–Crippen MR) is 81.4 cm³/mol. The lowest BCUT2D eigenvalue weighted by Gasteiger charge is -2.31. The lowest BCUT2D eigenvalue weighted by molar-refractivity contribution is -0.133. The molecule has 1 atom stereocenters. The number of aryl methyl sites for hydroxylation is 2. The fraction of sp³-hybridized carbons (Fsp3) is 0.600. The van der Waals surface area contributed by atoms with Crippen LogP contribution in [0.5, 0.6) is 0 Å². The Labute approximate surface area is 129 Å². The number of rotatable bonds is 3. The van der Waals surface area contributed by atoms with Crippen LogP contribution >= 0.6 is 0 Å². The second-order valence-corrected chi connectivity index (χ2v) is 6.00. The van der Waals surface area contributed by atoms with E-state index in [2.05, 4.69) is 20.2 Å². The molecule has 1 fully saturated rings. The van der Waals surface area contributed by atoms with Gasteiger partial charge in [0.25, 0.3) is 0 Å². The highest BCUT2D eigenvalue weighted by atomic mass is 16.2. The van der Waals surface area contributed by atoms with E-state index < -0.39 is 0 Å². The fourth-order valence-corrected chi connectivity index (χ4v) is 2.91. The number of nitrogens with one attached hydrogen (secondary N) is 1. The van der Waals surface area contributed by atoms with Gasteiger partial charge in [0, 0.05) is 24.7 Å².